The monoisotopic (exact) mass is 242 g/mol. The number of nitrogens with zero attached hydrogens (tertiary/aromatic N) is 1. The molecule has 1 heterocycles. The van der Waals surface area contributed by atoms with Crippen LogP contribution in [-0.4, -0.2) is 11.1 Å². The molecule has 4 heteroatoms. The second-order valence-corrected chi connectivity index (χ2v) is 5.02. The van der Waals surface area contributed by atoms with Gasteiger partial charge in [0.05, 0.1) is 4.91 Å². The zero-order chi connectivity index (χ0) is 11.8. The largest absolute Gasteiger partial charge is 0.378 e. The van der Waals surface area contributed by atoms with Gasteiger partial charge in [-0.25, -0.2) is 0 Å². The van der Waals surface area contributed by atoms with Crippen molar-refractivity contribution in [2.75, 3.05) is 0 Å². The van der Waals surface area contributed by atoms with Crippen molar-refractivity contribution in [3.05, 3.63) is 51.9 Å². The summed E-state index contributed by atoms with van der Waals surface area (Å²) < 4.78 is 0. The molecule has 0 spiro atoms. The molecule has 0 fully saturated rings. The van der Waals surface area contributed by atoms with Gasteiger partial charge in [-0.05, 0) is 41.0 Å². The van der Waals surface area contributed by atoms with Crippen LogP contribution in [0.1, 0.15) is 11.1 Å². The Kier molecular flexibility index (Phi) is 2.37. The summed E-state index contributed by atoms with van der Waals surface area (Å²) in [7, 11) is 0. The van der Waals surface area contributed by atoms with Gasteiger partial charge < -0.3 is 5.73 Å². The zero-order valence-electron chi connectivity index (χ0n) is 9.01. The molecule has 84 valence electrons. The Morgan fingerprint density at radius 2 is 2.18 bits per heavy atom. The molecule has 0 atom stereocenters. The smallest absolute Gasteiger partial charge is 0.286 e. The average molecular weight is 242 g/mol. The highest BCUT2D eigenvalue weighted by Crippen LogP contribution is 2.30. The number of hydrogen-bond acceptors (Lipinski definition) is 3. The van der Waals surface area contributed by atoms with E-state index >= 15 is 0 Å². The lowest BCUT2D eigenvalue weighted by molar-refractivity contribution is -0.113. The highest BCUT2D eigenvalue weighted by Gasteiger charge is 2.20. The topological polar surface area (TPSA) is 55.4 Å². The van der Waals surface area contributed by atoms with Crippen LogP contribution in [-0.2, 0) is 11.2 Å². The lowest BCUT2D eigenvalue weighted by atomic mass is 10.1. The number of carbonyl (C=O) groups is 1. The van der Waals surface area contributed by atoms with Gasteiger partial charge in [-0.15, -0.1) is 0 Å². The molecule has 0 bridgehead atoms. The van der Waals surface area contributed by atoms with E-state index in [1.807, 2.05) is 18.2 Å². The van der Waals surface area contributed by atoms with Crippen LogP contribution in [0.3, 0.4) is 0 Å². The van der Waals surface area contributed by atoms with Gasteiger partial charge in [0, 0.05) is 0 Å². The van der Waals surface area contributed by atoms with Crippen LogP contribution >= 0.6 is 11.8 Å². The Balaban J connectivity index is 1.87. The Bertz CT molecular complexity index is 599. The second-order valence-electron chi connectivity index (χ2n) is 3.96. The van der Waals surface area contributed by atoms with Crippen LogP contribution < -0.4 is 5.73 Å². The lowest BCUT2D eigenvalue weighted by Gasteiger charge is -1.96. The minimum atomic E-state index is -0.232. The normalized spacial score (nSPS) is 20.5. The molecule has 0 saturated heterocycles. The molecule has 0 aromatic heterocycles. The molecule has 17 heavy (non-hydrogen) atoms. The summed E-state index contributed by atoms with van der Waals surface area (Å²) in [5.74, 6) is -0.232. The van der Waals surface area contributed by atoms with Crippen LogP contribution in [0.2, 0.25) is 0 Å². The van der Waals surface area contributed by atoms with E-state index in [4.69, 9.17) is 5.73 Å². The SMILES string of the molecule is NC1=NC(=O)/C(=C/C2=Cc3ccccc3C2)S1. The third kappa shape index (κ3) is 1.91. The summed E-state index contributed by atoms with van der Waals surface area (Å²) in [6, 6.07) is 8.22. The summed E-state index contributed by atoms with van der Waals surface area (Å²) >= 11 is 1.24. The van der Waals surface area contributed by atoms with Gasteiger partial charge in [0.1, 0.15) is 0 Å². The van der Waals surface area contributed by atoms with E-state index in [1.165, 1.54) is 22.9 Å². The number of nitrogens with two attached hydrogens (primary N) is 1. The first kappa shape index (κ1) is 10.4. The van der Waals surface area contributed by atoms with Crippen LogP contribution in [0.5, 0.6) is 0 Å². The molecule has 0 saturated carbocycles. The van der Waals surface area contributed by atoms with E-state index in [9.17, 15) is 4.79 Å². The van der Waals surface area contributed by atoms with Gasteiger partial charge >= 0.3 is 0 Å². The van der Waals surface area contributed by atoms with Crippen molar-refractivity contribution < 1.29 is 4.79 Å². The first-order chi connectivity index (χ1) is 8.22. The summed E-state index contributed by atoms with van der Waals surface area (Å²) in [5, 5.41) is 0.331. The van der Waals surface area contributed by atoms with Crippen molar-refractivity contribution in [2.45, 2.75) is 6.42 Å². The second kappa shape index (κ2) is 3.89. The Morgan fingerprint density at radius 1 is 1.35 bits per heavy atom. The van der Waals surface area contributed by atoms with E-state index in [2.05, 4.69) is 23.2 Å². The van der Waals surface area contributed by atoms with Gasteiger partial charge in [0.15, 0.2) is 5.17 Å². The van der Waals surface area contributed by atoms with Crippen molar-refractivity contribution in [1.82, 2.24) is 0 Å². The molecule has 2 N–H and O–H groups in total. The predicted molar refractivity (Wildman–Crippen MR) is 70.4 cm³/mol. The van der Waals surface area contributed by atoms with E-state index in [0.29, 0.717) is 10.1 Å². The fraction of sp³-hybridized carbons (Fsp3) is 0.0769. The Morgan fingerprint density at radius 3 is 2.88 bits per heavy atom. The Hall–Kier alpha value is -1.81. The van der Waals surface area contributed by atoms with Crippen molar-refractivity contribution in [1.29, 1.82) is 0 Å². The van der Waals surface area contributed by atoms with E-state index in [1.54, 1.807) is 0 Å². The quantitative estimate of drug-likeness (QED) is 0.767. The summed E-state index contributed by atoms with van der Waals surface area (Å²) in [6.07, 6.45) is 4.86. The van der Waals surface area contributed by atoms with E-state index in [0.717, 1.165) is 12.0 Å². The molecular weight excluding hydrogens is 232 g/mol. The van der Waals surface area contributed by atoms with Crippen LogP contribution in [0.4, 0.5) is 0 Å². The first-order valence-electron chi connectivity index (χ1n) is 5.29. The minimum Gasteiger partial charge on any atom is -0.378 e. The molecular formula is C13H10N2OS. The molecule has 1 aromatic carbocycles. The van der Waals surface area contributed by atoms with Crippen molar-refractivity contribution in [3.8, 4) is 0 Å². The van der Waals surface area contributed by atoms with Crippen molar-refractivity contribution in [3.63, 3.8) is 0 Å². The number of thioether (sulfide) groups is 1. The molecule has 3 rings (SSSR count). The van der Waals surface area contributed by atoms with E-state index in [-0.39, 0.29) is 5.91 Å². The van der Waals surface area contributed by atoms with Gasteiger partial charge in [0.25, 0.3) is 5.91 Å². The summed E-state index contributed by atoms with van der Waals surface area (Å²) in [5.41, 5.74) is 9.16. The molecule has 1 aliphatic carbocycles. The number of amidine groups is 1. The third-order valence-electron chi connectivity index (χ3n) is 2.74. The van der Waals surface area contributed by atoms with E-state index < -0.39 is 0 Å². The molecule has 1 aliphatic heterocycles. The van der Waals surface area contributed by atoms with Gasteiger partial charge in [-0.1, -0.05) is 30.3 Å². The fourth-order valence-corrected chi connectivity index (χ4v) is 2.69. The van der Waals surface area contributed by atoms with Crippen LogP contribution in [0.15, 0.2) is 45.8 Å². The molecule has 2 aliphatic rings. The average Bonchev–Trinajstić information content (AvgIpc) is 2.82. The van der Waals surface area contributed by atoms with Crippen molar-refractivity contribution >= 4 is 28.9 Å². The van der Waals surface area contributed by atoms with Gasteiger partial charge in [-0.3, -0.25) is 4.79 Å². The number of amides is 1. The zero-order valence-corrected chi connectivity index (χ0v) is 9.83. The maximum atomic E-state index is 11.5. The number of aliphatic imine (C=N–C) groups is 1. The lowest BCUT2D eigenvalue weighted by Crippen LogP contribution is -2.01. The molecule has 0 unspecified atom stereocenters. The van der Waals surface area contributed by atoms with Crippen LogP contribution in [0, 0.1) is 0 Å². The fourth-order valence-electron chi connectivity index (χ4n) is 1.99. The molecule has 1 aromatic rings. The van der Waals surface area contributed by atoms with Crippen LogP contribution in [0.25, 0.3) is 6.08 Å². The molecule has 0 radical (unpaired) electrons. The Labute approximate surface area is 103 Å². The maximum absolute atomic E-state index is 11.5. The standard InChI is InChI=1S/C13H10N2OS/c14-13-15-12(16)11(17-13)7-8-5-9-3-1-2-4-10(9)6-8/h1-5,7H,6H2,(H2,14,15,16)/b11-7-. The predicted octanol–water partition coefficient (Wildman–Crippen LogP) is 2.10. The highest BCUT2D eigenvalue weighted by atomic mass is 32.2. The molecule has 3 nitrogen and oxygen atoms in total. The summed E-state index contributed by atoms with van der Waals surface area (Å²) in [6.45, 7) is 0. The molecule has 1 amide bonds. The summed E-state index contributed by atoms with van der Waals surface area (Å²) in [4.78, 5) is 15.8. The van der Waals surface area contributed by atoms with Gasteiger partial charge in [-0.2, -0.15) is 4.99 Å². The third-order valence-corrected chi connectivity index (χ3v) is 3.56. The van der Waals surface area contributed by atoms with Gasteiger partial charge in [0.2, 0.25) is 0 Å². The number of hydrogen-bond donors (Lipinski definition) is 1. The number of fused-ring (bicyclic) bond motifs is 1. The number of allylic oxidation sites excluding steroid dienone is 2. The highest BCUT2D eigenvalue weighted by molar-refractivity contribution is 8.18. The van der Waals surface area contributed by atoms with Crippen molar-refractivity contribution in [2.24, 2.45) is 10.7 Å². The first-order valence-corrected chi connectivity index (χ1v) is 6.10. The minimum absolute atomic E-state index is 0.232. The number of rotatable bonds is 1. The number of carbonyl (C=O) groups excluding carboxylic acids is 1. The number of benzene rings is 1. The maximum Gasteiger partial charge on any atom is 0.286 e.